The smallest absolute Gasteiger partial charge is 0.225 e. The fourth-order valence-electron chi connectivity index (χ4n) is 4.27. The van der Waals surface area contributed by atoms with Crippen LogP contribution >= 0.6 is 0 Å². The highest BCUT2D eigenvalue weighted by atomic mass is 16.5. The van der Waals surface area contributed by atoms with E-state index >= 15 is 0 Å². The van der Waals surface area contributed by atoms with Crippen molar-refractivity contribution in [2.45, 2.75) is 52.4 Å². The minimum absolute atomic E-state index is 0.0841. The van der Waals surface area contributed by atoms with Crippen molar-refractivity contribution in [2.75, 3.05) is 39.4 Å². The van der Waals surface area contributed by atoms with Gasteiger partial charge in [0.2, 0.25) is 11.8 Å². The molecule has 2 amide bonds. The molecule has 0 aliphatic carbocycles. The van der Waals surface area contributed by atoms with Gasteiger partial charge >= 0.3 is 0 Å². The Morgan fingerprint density at radius 2 is 1.53 bits per heavy atom. The lowest BCUT2D eigenvalue weighted by molar-refractivity contribution is -0.141. The van der Waals surface area contributed by atoms with Gasteiger partial charge in [0, 0.05) is 38.5 Å². The molecule has 6 nitrogen and oxygen atoms in total. The molecule has 0 saturated carbocycles. The predicted molar refractivity (Wildman–Crippen MR) is 117 cm³/mol. The number of nitrogens with zero attached hydrogens (tertiary/aromatic N) is 2. The van der Waals surface area contributed by atoms with Crippen molar-refractivity contribution in [3.8, 4) is 11.5 Å². The number of ether oxygens (including phenoxy) is 2. The summed E-state index contributed by atoms with van der Waals surface area (Å²) in [6, 6.07) is 7.61. The van der Waals surface area contributed by atoms with Crippen molar-refractivity contribution in [1.29, 1.82) is 0 Å². The average Bonchev–Trinajstić information content (AvgIpc) is 2.78. The van der Waals surface area contributed by atoms with Crippen molar-refractivity contribution in [3.63, 3.8) is 0 Å². The number of para-hydroxylation sites is 2. The van der Waals surface area contributed by atoms with E-state index in [2.05, 4.69) is 6.92 Å². The van der Waals surface area contributed by atoms with E-state index in [0.717, 1.165) is 56.2 Å². The standard InChI is InChI=1S/C24H36N2O4/c1-3-29-21-7-4-5-8-22(21)30-18-6-9-23(27)25-16-12-20(13-17-25)24(28)26-14-10-19(2)11-15-26/h4-5,7-8,19-20H,3,6,9-18H2,1-2H3. The van der Waals surface area contributed by atoms with Crippen LogP contribution in [0.4, 0.5) is 0 Å². The zero-order valence-electron chi connectivity index (χ0n) is 18.5. The second-order valence-electron chi connectivity index (χ2n) is 8.49. The Labute approximate surface area is 180 Å². The van der Waals surface area contributed by atoms with Crippen LogP contribution < -0.4 is 9.47 Å². The van der Waals surface area contributed by atoms with E-state index in [9.17, 15) is 9.59 Å². The van der Waals surface area contributed by atoms with Crippen molar-refractivity contribution < 1.29 is 19.1 Å². The van der Waals surface area contributed by atoms with Crippen LogP contribution in [0.25, 0.3) is 0 Å². The Morgan fingerprint density at radius 3 is 2.17 bits per heavy atom. The van der Waals surface area contributed by atoms with E-state index in [0.29, 0.717) is 45.1 Å². The molecular formula is C24H36N2O4. The van der Waals surface area contributed by atoms with Gasteiger partial charge in [-0.25, -0.2) is 0 Å². The fraction of sp³-hybridized carbons (Fsp3) is 0.667. The number of piperidine rings is 2. The summed E-state index contributed by atoms with van der Waals surface area (Å²) in [7, 11) is 0. The van der Waals surface area contributed by atoms with Gasteiger partial charge in [-0.15, -0.1) is 0 Å². The maximum Gasteiger partial charge on any atom is 0.225 e. The van der Waals surface area contributed by atoms with Gasteiger partial charge in [0.05, 0.1) is 13.2 Å². The molecule has 0 aromatic heterocycles. The van der Waals surface area contributed by atoms with Gasteiger partial charge in [0.25, 0.3) is 0 Å². The number of benzene rings is 1. The van der Waals surface area contributed by atoms with Gasteiger partial charge in [0.1, 0.15) is 0 Å². The first-order valence-corrected chi connectivity index (χ1v) is 11.5. The molecule has 3 rings (SSSR count). The summed E-state index contributed by atoms with van der Waals surface area (Å²) >= 11 is 0. The van der Waals surface area contributed by atoms with Crippen LogP contribution in [0, 0.1) is 11.8 Å². The van der Waals surface area contributed by atoms with Crippen LogP contribution in [0.5, 0.6) is 11.5 Å². The van der Waals surface area contributed by atoms with Gasteiger partial charge in [-0.2, -0.15) is 0 Å². The van der Waals surface area contributed by atoms with Crippen LogP contribution in [-0.2, 0) is 9.59 Å². The first-order chi connectivity index (χ1) is 14.6. The van der Waals surface area contributed by atoms with Crippen LogP contribution in [0.2, 0.25) is 0 Å². The summed E-state index contributed by atoms with van der Waals surface area (Å²) in [4.78, 5) is 29.2. The molecule has 6 heteroatoms. The highest BCUT2D eigenvalue weighted by Gasteiger charge is 2.31. The van der Waals surface area contributed by atoms with Gasteiger partial charge in [0.15, 0.2) is 11.5 Å². The highest BCUT2D eigenvalue weighted by molar-refractivity contribution is 5.80. The Hall–Kier alpha value is -2.24. The molecule has 2 aliphatic rings. The maximum atomic E-state index is 12.8. The summed E-state index contributed by atoms with van der Waals surface area (Å²) in [5.41, 5.74) is 0. The predicted octanol–water partition coefficient (Wildman–Crippen LogP) is 3.74. The third-order valence-corrected chi connectivity index (χ3v) is 6.23. The molecule has 0 atom stereocenters. The molecule has 0 unspecified atom stereocenters. The van der Waals surface area contributed by atoms with Crippen molar-refractivity contribution in [1.82, 2.24) is 9.80 Å². The van der Waals surface area contributed by atoms with Gasteiger partial charge in [-0.05, 0) is 57.1 Å². The number of likely N-dealkylation sites (tertiary alicyclic amines) is 2. The third kappa shape index (κ3) is 6.13. The molecule has 2 fully saturated rings. The molecule has 2 heterocycles. The van der Waals surface area contributed by atoms with Crippen molar-refractivity contribution in [3.05, 3.63) is 24.3 Å². The summed E-state index contributed by atoms with van der Waals surface area (Å²) < 4.78 is 11.4. The first kappa shape index (κ1) is 22.4. The largest absolute Gasteiger partial charge is 0.490 e. The number of rotatable bonds is 8. The molecule has 1 aromatic rings. The van der Waals surface area contributed by atoms with Crippen LogP contribution in [-0.4, -0.2) is 61.0 Å². The van der Waals surface area contributed by atoms with Crippen molar-refractivity contribution in [2.24, 2.45) is 11.8 Å². The van der Waals surface area contributed by atoms with E-state index in [-0.39, 0.29) is 11.8 Å². The Morgan fingerprint density at radius 1 is 0.933 bits per heavy atom. The molecule has 166 valence electrons. The lowest BCUT2D eigenvalue weighted by Gasteiger charge is -2.36. The zero-order chi connectivity index (χ0) is 21.3. The Bertz CT molecular complexity index is 692. The first-order valence-electron chi connectivity index (χ1n) is 11.5. The normalized spacial score (nSPS) is 18.3. The number of hydrogen-bond donors (Lipinski definition) is 0. The van der Waals surface area contributed by atoms with E-state index in [1.54, 1.807) is 0 Å². The molecule has 0 spiro atoms. The summed E-state index contributed by atoms with van der Waals surface area (Å²) in [5.74, 6) is 2.73. The van der Waals surface area contributed by atoms with E-state index in [4.69, 9.17) is 9.47 Å². The summed E-state index contributed by atoms with van der Waals surface area (Å²) in [5, 5.41) is 0. The Balaban J connectivity index is 1.35. The molecule has 0 radical (unpaired) electrons. The summed E-state index contributed by atoms with van der Waals surface area (Å²) in [6.07, 6.45) is 4.94. The molecule has 1 aromatic carbocycles. The molecule has 0 bridgehead atoms. The van der Waals surface area contributed by atoms with E-state index in [1.165, 1.54) is 0 Å². The molecular weight excluding hydrogens is 380 g/mol. The topological polar surface area (TPSA) is 59.1 Å². The molecule has 30 heavy (non-hydrogen) atoms. The lowest BCUT2D eigenvalue weighted by atomic mass is 9.92. The molecule has 2 aliphatic heterocycles. The highest BCUT2D eigenvalue weighted by Crippen LogP contribution is 2.27. The van der Waals surface area contributed by atoms with E-state index < -0.39 is 0 Å². The van der Waals surface area contributed by atoms with Crippen LogP contribution in [0.1, 0.15) is 52.4 Å². The minimum atomic E-state index is 0.0841. The van der Waals surface area contributed by atoms with Gasteiger partial charge in [-0.1, -0.05) is 19.1 Å². The minimum Gasteiger partial charge on any atom is -0.490 e. The van der Waals surface area contributed by atoms with Gasteiger partial charge < -0.3 is 19.3 Å². The molecule has 2 saturated heterocycles. The van der Waals surface area contributed by atoms with Crippen LogP contribution in [0.15, 0.2) is 24.3 Å². The van der Waals surface area contributed by atoms with Crippen molar-refractivity contribution >= 4 is 11.8 Å². The molecule has 0 N–H and O–H groups in total. The number of amides is 2. The quantitative estimate of drug-likeness (QED) is 0.606. The maximum absolute atomic E-state index is 12.8. The lowest BCUT2D eigenvalue weighted by Crippen LogP contribution is -2.46. The number of hydrogen-bond acceptors (Lipinski definition) is 4. The number of carbonyl (C=O) groups excluding carboxylic acids is 2. The fourth-order valence-corrected chi connectivity index (χ4v) is 4.27. The SMILES string of the molecule is CCOc1ccccc1OCCCC(=O)N1CCC(C(=O)N2CCC(C)CC2)CC1. The van der Waals surface area contributed by atoms with E-state index in [1.807, 2.05) is 41.0 Å². The third-order valence-electron chi connectivity index (χ3n) is 6.23. The second-order valence-corrected chi connectivity index (χ2v) is 8.49. The zero-order valence-corrected chi connectivity index (χ0v) is 18.5. The van der Waals surface area contributed by atoms with Gasteiger partial charge in [-0.3, -0.25) is 9.59 Å². The van der Waals surface area contributed by atoms with Crippen LogP contribution in [0.3, 0.4) is 0 Å². The second kappa shape index (κ2) is 11.2. The monoisotopic (exact) mass is 416 g/mol. The average molecular weight is 417 g/mol. The Kier molecular flexibility index (Phi) is 8.40. The number of carbonyl (C=O) groups is 2. The summed E-state index contributed by atoms with van der Waals surface area (Å²) in [6.45, 7) is 8.44.